The fourth-order valence-corrected chi connectivity index (χ4v) is 2.17. The molecule has 0 saturated heterocycles. The van der Waals surface area contributed by atoms with Crippen molar-refractivity contribution in [1.29, 1.82) is 0 Å². The maximum atomic E-state index is 12.8. The van der Waals surface area contributed by atoms with Gasteiger partial charge in [0.25, 0.3) is 0 Å². The van der Waals surface area contributed by atoms with Crippen LogP contribution in [-0.2, 0) is 4.79 Å². The van der Waals surface area contributed by atoms with Crippen LogP contribution < -0.4 is 10.6 Å². The van der Waals surface area contributed by atoms with E-state index in [0.29, 0.717) is 5.69 Å². The van der Waals surface area contributed by atoms with Gasteiger partial charge < -0.3 is 10.6 Å². The molecule has 2 aromatic carbocycles. The summed E-state index contributed by atoms with van der Waals surface area (Å²) in [4.78, 5) is 11.9. The molecule has 2 N–H and O–H groups in total. The van der Waals surface area contributed by atoms with Gasteiger partial charge in [0.1, 0.15) is 5.82 Å². The van der Waals surface area contributed by atoms with Crippen molar-refractivity contribution in [2.45, 2.75) is 19.9 Å². The SMILES string of the molecule is Cc1ccccc1[C@@H](C)NCC(=O)Nc1ccc(F)cc1. The van der Waals surface area contributed by atoms with E-state index >= 15 is 0 Å². The Kier molecular flexibility index (Phi) is 5.06. The van der Waals surface area contributed by atoms with Crippen LogP contribution >= 0.6 is 0 Å². The van der Waals surface area contributed by atoms with E-state index in [2.05, 4.69) is 10.6 Å². The molecule has 2 aromatic rings. The van der Waals surface area contributed by atoms with Gasteiger partial charge in [0.2, 0.25) is 5.91 Å². The molecule has 0 heterocycles. The molecule has 1 atom stereocenters. The van der Waals surface area contributed by atoms with Gasteiger partial charge in [-0.25, -0.2) is 4.39 Å². The summed E-state index contributed by atoms with van der Waals surface area (Å²) in [5, 5.41) is 5.91. The lowest BCUT2D eigenvalue weighted by Crippen LogP contribution is -2.30. The van der Waals surface area contributed by atoms with E-state index in [9.17, 15) is 9.18 Å². The van der Waals surface area contributed by atoms with Gasteiger partial charge in [0.05, 0.1) is 6.54 Å². The minimum absolute atomic E-state index is 0.0881. The normalized spacial score (nSPS) is 12.0. The second kappa shape index (κ2) is 6.99. The number of rotatable bonds is 5. The van der Waals surface area contributed by atoms with Gasteiger partial charge in [0, 0.05) is 11.7 Å². The maximum absolute atomic E-state index is 12.8. The Bertz CT molecular complexity index is 610. The number of anilines is 1. The highest BCUT2D eigenvalue weighted by Crippen LogP contribution is 2.16. The van der Waals surface area contributed by atoms with E-state index in [0.717, 1.165) is 0 Å². The summed E-state index contributed by atoms with van der Waals surface area (Å²) < 4.78 is 12.8. The van der Waals surface area contributed by atoms with Gasteiger partial charge >= 0.3 is 0 Å². The zero-order valence-electron chi connectivity index (χ0n) is 12.2. The van der Waals surface area contributed by atoms with Gasteiger partial charge in [-0.15, -0.1) is 0 Å². The fourth-order valence-electron chi connectivity index (χ4n) is 2.17. The molecular formula is C17H19FN2O. The first-order valence-electron chi connectivity index (χ1n) is 6.90. The van der Waals surface area contributed by atoms with Crippen LogP contribution in [0.1, 0.15) is 24.1 Å². The van der Waals surface area contributed by atoms with Gasteiger partial charge in [-0.2, -0.15) is 0 Å². The number of amides is 1. The van der Waals surface area contributed by atoms with Crippen LogP contribution in [0.15, 0.2) is 48.5 Å². The minimum atomic E-state index is -0.320. The van der Waals surface area contributed by atoms with Crippen molar-refractivity contribution in [1.82, 2.24) is 5.32 Å². The molecule has 3 nitrogen and oxygen atoms in total. The highest BCUT2D eigenvalue weighted by atomic mass is 19.1. The van der Waals surface area contributed by atoms with Crippen molar-refractivity contribution in [2.75, 3.05) is 11.9 Å². The Morgan fingerprint density at radius 1 is 1.14 bits per heavy atom. The standard InChI is InChI=1S/C17H19FN2O/c1-12-5-3-4-6-16(12)13(2)19-11-17(21)20-15-9-7-14(18)8-10-15/h3-10,13,19H,11H2,1-2H3,(H,20,21)/t13-/m1/s1. The molecule has 1 amide bonds. The van der Waals surface area contributed by atoms with Crippen LogP contribution in [-0.4, -0.2) is 12.5 Å². The molecule has 110 valence electrons. The summed E-state index contributed by atoms with van der Waals surface area (Å²) >= 11 is 0. The van der Waals surface area contributed by atoms with Crippen LogP contribution in [0, 0.1) is 12.7 Å². The lowest BCUT2D eigenvalue weighted by molar-refractivity contribution is -0.115. The van der Waals surface area contributed by atoms with Crippen molar-refractivity contribution < 1.29 is 9.18 Å². The second-order valence-corrected chi connectivity index (χ2v) is 5.01. The lowest BCUT2D eigenvalue weighted by Gasteiger charge is -2.16. The second-order valence-electron chi connectivity index (χ2n) is 5.01. The third kappa shape index (κ3) is 4.39. The maximum Gasteiger partial charge on any atom is 0.238 e. The Morgan fingerprint density at radius 3 is 2.48 bits per heavy atom. The van der Waals surface area contributed by atoms with E-state index in [1.165, 1.54) is 35.4 Å². The van der Waals surface area contributed by atoms with Crippen molar-refractivity contribution in [3.8, 4) is 0 Å². The predicted octanol–water partition coefficient (Wildman–Crippen LogP) is 3.42. The zero-order valence-corrected chi connectivity index (χ0v) is 12.2. The summed E-state index contributed by atoms with van der Waals surface area (Å²) in [6.45, 7) is 4.27. The molecule has 2 rings (SSSR count). The smallest absolute Gasteiger partial charge is 0.238 e. The summed E-state index contributed by atoms with van der Waals surface area (Å²) in [5.41, 5.74) is 2.95. The molecule has 0 aliphatic carbocycles. The van der Waals surface area contributed by atoms with Crippen LogP contribution in [0.2, 0.25) is 0 Å². The van der Waals surface area contributed by atoms with Crippen molar-refractivity contribution in [3.63, 3.8) is 0 Å². The number of hydrogen-bond acceptors (Lipinski definition) is 2. The Morgan fingerprint density at radius 2 is 1.81 bits per heavy atom. The third-order valence-electron chi connectivity index (χ3n) is 3.35. The summed E-state index contributed by atoms with van der Waals surface area (Å²) in [6, 6.07) is 13.9. The van der Waals surface area contributed by atoms with Crippen molar-refractivity contribution in [2.24, 2.45) is 0 Å². The number of benzene rings is 2. The van der Waals surface area contributed by atoms with E-state index in [4.69, 9.17) is 0 Å². The number of hydrogen-bond donors (Lipinski definition) is 2. The number of carbonyl (C=O) groups is 1. The van der Waals surface area contributed by atoms with E-state index in [1.807, 2.05) is 38.1 Å². The highest BCUT2D eigenvalue weighted by Gasteiger charge is 2.09. The average Bonchev–Trinajstić information content (AvgIpc) is 2.48. The predicted molar refractivity (Wildman–Crippen MR) is 82.6 cm³/mol. The van der Waals surface area contributed by atoms with Gasteiger partial charge in [-0.05, 0) is 49.2 Å². The molecule has 21 heavy (non-hydrogen) atoms. The molecule has 0 spiro atoms. The first-order chi connectivity index (χ1) is 10.1. The highest BCUT2D eigenvalue weighted by molar-refractivity contribution is 5.92. The molecule has 0 aliphatic rings. The molecule has 0 saturated carbocycles. The molecule has 0 unspecified atom stereocenters. The summed E-state index contributed by atoms with van der Waals surface area (Å²) in [6.07, 6.45) is 0. The van der Waals surface area contributed by atoms with Gasteiger partial charge in [-0.1, -0.05) is 24.3 Å². The van der Waals surface area contributed by atoms with E-state index < -0.39 is 0 Å². The van der Waals surface area contributed by atoms with Gasteiger partial charge in [-0.3, -0.25) is 4.79 Å². The number of halogens is 1. The van der Waals surface area contributed by atoms with E-state index in [-0.39, 0.29) is 24.3 Å². The van der Waals surface area contributed by atoms with Crippen LogP contribution in [0.4, 0.5) is 10.1 Å². The summed E-state index contributed by atoms with van der Waals surface area (Å²) in [7, 11) is 0. The fraction of sp³-hybridized carbons (Fsp3) is 0.235. The topological polar surface area (TPSA) is 41.1 Å². The van der Waals surface area contributed by atoms with Crippen molar-refractivity contribution in [3.05, 3.63) is 65.5 Å². The zero-order chi connectivity index (χ0) is 15.2. The molecule has 0 radical (unpaired) electrons. The van der Waals surface area contributed by atoms with Crippen LogP contribution in [0.5, 0.6) is 0 Å². The average molecular weight is 286 g/mol. The molecule has 0 fully saturated rings. The van der Waals surface area contributed by atoms with E-state index in [1.54, 1.807) is 0 Å². The third-order valence-corrected chi connectivity index (χ3v) is 3.35. The largest absolute Gasteiger partial charge is 0.325 e. The number of carbonyl (C=O) groups excluding carboxylic acids is 1. The van der Waals surface area contributed by atoms with Crippen LogP contribution in [0.25, 0.3) is 0 Å². The summed E-state index contributed by atoms with van der Waals surface area (Å²) in [5.74, 6) is -0.471. The Hall–Kier alpha value is -2.20. The molecule has 0 aromatic heterocycles. The number of aryl methyl sites for hydroxylation is 1. The molecule has 0 aliphatic heterocycles. The first-order valence-corrected chi connectivity index (χ1v) is 6.90. The lowest BCUT2D eigenvalue weighted by atomic mass is 10.0. The quantitative estimate of drug-likeness (QED) is 0.884. The Balaban J connectivity index is 1.86. The van der Waals surface area contributed by atoms with Crippen molar-refractivity contribution >= 4 is 11.6 Å². The minimum Gasteiger partial charge on any atom is -0.325 e. The molecule has 4 heteroatoms. The monoisotopic (exact) mass is 286 g/mol. The molecule has 0 bridgehead atoms. The Labute approximate surface area is 124 Å². The first kappa shape index (κ1) is 15.2. The van der Waals surface area contributed by atoms with Gasteiger partial charge in [0.15, 0.2) is 0 Å². The molecular weight excluding hydrogens is 267 g/mol. The van der Waals surface area contributed by atoms with Crippen LogP contribution in [0.3, 0.4) is 0 Å². The number of nitrogens with one attached hydrogen (secondary N) is 2.